The third-order valence-corrected chi connectivity index (χ3v) is 13.9. The largest absolute Gasteiger partial charge is 0.394 e. The molecule has 3 N–H and O–H groups in total. The van der Waals surface area contributed by atoms with Crippen LogP contribution in [0.2, 0.25) is 0 Å². The van der Waals surface area contributed by atoms with Gasteiger partial charge in [0.1, 0.15) is 0 Å². The number of allylic oxidation sites excluding steroid dienone is 19. The highest BCUT2D eigenvalue weighted by molar-refractivity contribution is 5.76. The van der Waals surface area contributed by atoms with Crippen LogP contribution in [0.4, 0.5) is 0 Å². The van der Waals surface area contributed by atoms with Gasteiger partial charge in [0.2, 0.25) is 5.91 Å². The van der Waals surface area contributed by atoms with E-state index >= 15 is 0 Å². The number of unbranched alkanes of at least 4 members (excludes halogenated alkanes) is 32. The minimum Gasteiger partial charge on any atom is -0.394 e. The number of aliphatic hydroxyl groups is 2. The Morgan fingerprint density at radius 3 is 0.946 bits per heavy atom. The molecule has 0 spiro atoms. The molecular formula is C70H121NO3. The summed E-state index contributed by atoms with van der Waals surface area (Å²) in [5.74, 6) is -0.0839. The van der Waals surface area contributed by atoms with Gasteiger partial charge < -0.3 is 15.5 Å². The SMILES string of the molecule is CC/C=C\C/C=C\C/C=C\C/C=C\C/C=C\C/C=C\C/C=C\CCCCCCCCCCCCCC(=O)NC(CO)C(O)/C=C/CC/C=C/CC/C=C/CCCCCCCCCCCCCCCCCCCCC. The Hall–Kier alpha value is -3.21. The van der Waals surface area contributed by atoms with Crippen molar-refractivity contribution in [1.82, 2.24) is 5.32 Å². The molecule has 2 unspecified atom stereocenters. The van der Waals surface area contributed by atoms with Crippen molar-refractivity contribution < 1.29 is 15.0 Å². The fraction of sp³-hybridized carbons (Fsp3) is 0.700. The van der Waals surface area contributed by atoms with E-state index in [1.165, 1.54) is 186 Å². The Morgan fingerprint density at radius 1 is 0.338 bits per heavy atom. The van der Waals surface area contributed by atoms with Crippen LogP contribution in [0, 0.1) is 0 Å². The number of hydrogen-bond acceptors (Lipinski definition) is 3. The van der Waals surface area contributed by atoms with Gasteiger partial charge in [0.25, 0.3) is 0 Å². The maximum absolute atomic E-state index is 12.5. The molecule has 4 nitrogen and oxygen atoms in total. The first-order chi connectivity index (χ1) is 36.7. The van der Waals surface area contributed by atoms with Crippen molar-refractivity contribution in [3.8, 4) is 0 Å². The number of carbonyl (C=O) groups excluding carboxylic acids is 1. The molecule has 0 heterocycles. The molecule has 2 atom stereocenters. The zero-order chi connectivity index (χ0) is 53.4. The van der Waals surface area contributed by atoms with Gasteiger partial charge in [-0.25, -0.2) is 0 Å². The topological polar surface area (TPSA) is 69.6 Å². The summed E-state index contributed by atoms with van der Waals surface area (Å²) in [6.45, 7) is 4.19. The van der Waals surface area contributed by atoms with Crippen LogP contribution in [0.25, 0.3) is 0 Å². The van der Waals surface area contributed by atoms with Crippen LogP contribution >= 0.6 is 0 Å². The standard InChI is InChI=1S/C70H121NO3/c1-3-5-7-9-11-13-15-17-19-21-23-25-27-29-31-33-34-35-36-38-40-42-44-46-48-50-52-54-56-58-60-62-64-66-70(74)71-68(67-72)69(73)65-63-61-59-57-55-53-51-49-47-45-43-41-39-37-32-30-28-26-24-22-20-18-16-14-12-10-8-6-4-2/h5,7,11,13,17,19,23,25,29,31,34-35,38,40,47,49,55,57,63,65,68-69,72-73H,3-4,6,8-10,12,14-16,18,20-22,24,26-28,30,32-33,36-37,39,41-46,48,50-54,56,58-62,64,66-67H2,1-2H3,(H,71,74)/b7-5-,13-11-,19-17-,25-23-,31-29-,35-34-,40-38-,49-47+,57-55+,65-63+. The van der Waals surface area contributed by atoms with E-state index in [9.17, 15) is 15.0 Å². The number of carbonyl (C=O) groups is 1. The molecular weight excluding hydrogens is 903 g/mol. The maximum atomic E-state index is 12.5. The van der Waals surface area contributed by atoms with Crippen molar-refractivity contribution in [3.05, 3.63) is 122 Å². The van der Waals surface area contributed by atoms with E-state index in [1.54, 1.807) is 6.08 Å². The van der Waals surface area contributed by atoms with Gasteiger partial charge in [-0.05, 0) is 103 Å². The zero-order valence-electron chi connectivity index (χ0n) is 48.8. The average molecular weight is 1020 g/mol. The highest BCUT2D eigenvalue weighted by Gasteiger charge is 2.18. The molecule has 0 fully saturated rings. The molecule has 0 aromatic rings. The number of aliphatic hydroxyl groups excluding tert-OH is 2. The number of hydrogen-bond donors (Lipinski definition) is 3. The average Bonchev–Trinajstić information content (AvgIpc) is 3.40. The first kappa shape index (κ1) is 70.8. The molecule has 0 saturated carbocycles. The normalized spacial score (nSPS) is 13.6. The molecule has 0 aliphatic heterocycles. The molecule has 0 rings (SSSR count). The molecule has 0 aromatic heterocycles. The van der Waals surface area contributed by atoms with Crippen LogP contribution in [0.3, 0.4) is 0 Å². The predicted molar refractivity (Wildman–Crippen MR) is 331 cm³/mol. The summed E-state index contributed by atoms with van der Waals surface area (Å²) in [6, 6.07) is -0.657. The van der Waals surface area contributed by atoms with Crippen LogP contribution in [0.15, 0.2) is 122 Å². The molecule has 1 amide bonds. The van der Waals surface area contributed by atoms with Crippen molar-refractivity contribution >= 4 is 5.91 Å². The summed E-state index contributed by atoms with van der Waals surface area (Å²) < 4.78 is 0. The summed E-state index contributed by atoms with van der Waals surface area (Å²) in [6.07, 6.45) is 98.2. The van der Waals surface area contributed by atoms with Crippen LogP contribution in [-0.4, -0.2) is 34.9 Å². The minimum atomic E-state index is -0.881. The molecule has 0 aliphatic rings. The number of rotatable bonds is 57. The van der Waals surface area contributed by atoms with E-state index in [0.717, 1.165) is 89.9 Å². The first-order valence-electron chi connectivity index (χ1n) is 31.7. The Labute approximate surface area is 460 Å². The van der Waals surface area contributed by atoms with E-state index in [0.29, 0.717) is 6.42 Å². The summed E-state index contributed by atoms with van der Waals surface area (Å²) >= 11 is 0. The first-order valence-corrected chi connectivity index (χ1v) is 31.7. The lowest BCUT2D eigenvalue weighted by Crippen LogP contribution is -2.45. The lowest BCUT2D eigenvalue weighted by molar-refractivity contribution is -0.123. The molecule has 0 aliphatic carbocycles. The fourth-order valence-corrected chi connectivity index (χ4v) is 9.13. The second kappa shape index (κ2) is 64.1. The summed E-state index contributed by atoms with van der Waals surface area (Å²) in [4.78, 5) is 12.5. The monoisotopic (exact) mass is 1020 g/mol. The lowest BCUT2D eigenvalue weighted by Gasteiger charge is -2.19. The van der Waals surface area contributed by atoms with Gasteiger partial charge >= 0.3 is 0 Å². The van der Waals surface area contributed by atoms with E-state index in [1.807, 2.05) is 6.08 Å². The summed E-state index contributed by atoms with van der Waals surface area (Å²) in [5.41, 5.74) is 0. The Balaban J connectivity index is 3.59. The van der Waals surface area contributed by atoms with Gasteiger partial charge in [0.15, 0.2) is 0 Å². The van der Waals surface area contributed by atoms with Gasteiger partial charge in [-0.2, -0.15) is 0 Å². The number of amides is 1. The van der Waals surface area contributed by atoms with Crippen molar-refractivity contribution in [3.63, 3.8) is 0 Å². The van der Waals surface area contributed by atoms with Gasteiger partial charge in [-0.3, -0.25) is 4.79 Å². The van der Waals surface area contributed by atoms with Crippen LogP contribution < -0.4 is 5.32 Å². The van der Waals surface area contributed by atoms with Gasteiger partial charge in [0.05, 0.1) is 18.8 Å². The second-order valence-corrected chi connectivity index (χ2v) is 21.1. The Morgan fingerprint density at radius 2 is 0.608 bits per heavy atom. The van der Waals surface area contributed by atoms with Crippen LogP contribution in [0.5, 0.6) is 0 Å². The highest BCUT2D eigenvalue weighted by atomic mass is 16.3. The van der Waals surface area contributed by atoms with Crippen LogP contribution in [-0.2, 0) is 4.79 Å². The summed E-state index contributed by atoms with van der Waals surface area (Å²) in [7, 11) is 0. The smallest absolute Gasteiger partial charge is 0.220 e. The van der Waals surface area contributed by atoms with Gasteiger partial charge in [0, 0.05) is 6.42 Å². The van der Waals surface area contributed by atoms with Crippen molar-refractivity contribution in [2.75, 3.05) is 6.61 Å². The van der Waals surface area contributed by atoms with Gasteiger partial charge in [-0.15, -0.1) is 0 Å². The quantitative estimate of drug-likeness (QED) is 0.0420. The molecule has 424 valence electrons. The van der Waals surface area contributed by atoms with Crippen molar-refractivity contribution in [2.24, 2.45) is 0 Å². The van der Waals surface area contributed by atoms with Crippen LogP contribution in [0.1, 0.15) is 296 Å². The molecule has 0 saturated heterocycles. The van der Waals surface area contributed by atoms with Gasteiger partial charge in [-0.1, -0.05) is 309 Å². The fourth-order valence-electron chi connectivity index (χ4n) is 9.13. The van der Waals surface area contributed by atoms with E-state index in [2.05, 4.69) is 129 Å². The van der Waals surface area contributed by atoms with E-state index in [4.69, 9.17) is 0 Å². The number of nitrogens with one attached hydrogen (secondary N) is 1. The second-order valence-electron chi connectivity index (χ2n) is 21.1. The third kappa shape index (κ3) is 59.7. The minimum absolute atomic E-state index is 0.0839. The molecule has 0 radical (unpaired) electrons. The maximum Gasteiger partial charge on any atom is 0.220 e. The molecule has 0 aromatic carbocycles. The van der Waals surface area contributed by atoms with E-state index in [-0.39, 0.29) is 12.5 Å². The van der Waals surface area contributed by atoms with Crippen molar-refractivity contribution in [1.29, 1.82) is 0 Å². The lowest BCUT2D eigenvalue weighted by atomic mass is 10.0. The molecule has 74 heavy (non-hydrogen) atoms. The predicted octanol–water partition coefficient (Wildman–Crippen LogP) is 21.6. The molecule has 0 bridgehead atoms. The Bertz CT molecular complexity index is 1440. The van der Waals surface area contributed by atoms with E-state index < -0.39 is 12.1 Å². The van der Waals surface area contributed by atoms with Crippen molar-refractivity contribution in [2.45, 2.75) is 309 Å². The molecule has 4 heteroatoms. The summed E-state index contributed by atoms with van der Waals surface area (Å²) in [5, 5.41) is 23.2. The Kier molecular flexibility index (Phi) is 61.3. The zero-order valence-corrected chi connectivity index (χ0v) is 48.8. The highest BCUT2D eigenvalue weighted by Crippen LogP contribution is 2.16. The third-order valence-electron chi connectivity index (χ3n) is 13.9.